The van der Waals surface area contributed by atoms with E-state index in [2.05, 4.69) is 5.32 Å². The molecule has 2 rings (SSSR count). The molecule has 0 radical (unpaired) electrons. The van der Waals surface area contributed by atoms with Gasteiger partial charge < -0.3 is 14.8 Å². The first-order valence-electron chi connectivity index (χ1n) is 6.27. The highest BCUT2D eigenvalue weighted by Gasteiger charge is 2.12. The van der Waals surface area contributed by atoms with Crippen molar-refractivity contribution < 1.29 is 9.52 Å². The maximum Gasteiger partial charge on any atom is 0.129 e. The van der Waals surface area contributed by atoms with Gasteiger partial charge in [-0.3, -0.25) is 0 Å². The van der Waals surface area contributed by atoms with Crippen LogP contribution in [0.25, 0.3) is 0 Å². The van der Waals surface area contributed by atoms with Gasteiger partial charge in [-0.05, 0) is 37.4 Å². The molecule has 1 aliphatic carbocycles. The van der Waals surface area contributed by atoms with Gasteiger partial charge in [0.1, 0.15) is 18.1 Å². The summed E-state index contributed by atoms with van der Waals surface area (Å²) in [6, 6.07) is 3.76. The van der Waals surface area contributed by atoms with E-state index in [1.807, 2.05) is 12.1 Å². The van der Waals surface area contributed by atoms with Crippen LogP contribution in [-0.2, 0) is 13.2 Å². The molecular weight excluding hydrogens is 202 g/mol. The summed E-state index contributed by atoms with van der Waals surface area (Å²) < 4.78 is 5.41. The van der Waals surface area contributed by atoms with E-state index in [9.17, 15) is 0 Å². The van der Waals surface area contributed by atoms with E-state index in [0.717, 1.165) is 24.8 Å². The first-order valence-corrected chi connectivity index (χ1v) is 6.27. The molecule has 16 heavy (non-hydrogen) atoms. The predicted molar refractivity (Wildman–Crippen MR) is 62.9 cm³/mol. The molecule has 0 spiro atoms. The summed E-state index contributed by atoms with van der Waals surface area (Å²) in [6.45, 7) is 1.86. The first kappa shape index (κ1) is 11.7. The Kier molecular flexibility index (Phi) is 4.43. The molecule has 3 heteroatoms. The van der Waals surface area contributed by atoms with Crippen LogP contribution in [-0.4, -0.2) is 11.7 Å². The molecule has 2 N–H and O–H groups in total. The van der Waals surface area contributed by atoms with Crippen LogP contribution in [0.1, 0.15) is 43.6 Å². The van der Waals surface area contributed by atoms with E-state index < -0.39 is 0 Å². The Labute approximate surface area is 96.8 Å². The number of hydrogen-bond donors (Lipinski definition) is 2. The Morgan fingerprint density at radius 1 is 1.19 bits per heavy atom. The van der Waals surface area contributed by atoms with Crippen molar-refractivity contribution in [3.05, 3.63) is 23.7 Å². The third-order valence-electron chi connectivity index (χ3n) is 3.33. The monoisotopic (exact) mass is 223 g/mol. The van der Waals surface area contributed by atoms with Crippen LogP contribution in [0.5, 0.6) is 0 Å². The molecule has 0 atom stereocenters. The maximum absolute atomic E-state index is 8.87. The average Bonchev–Trinajstić information content (AvgIpc) is 2.78. The van der Waals surface area contributed by atoms with Crippen molar-refractivity contribution >= 4 is 0 Å². The molecular formula is C13H21NO2. The average molecular weight is 223 g/mol. The minimum atomic E-state index is -0.0113. The molecule has 1 fully saturated rings. The van der Waals surface area contributed by atoms with Gasteiger partial charge in [-0.2, -0.15) is 0 Å². The van der Waals surface area contributed by atoms with Crippen LogP contribution in [0.3, 0.4) is 0 Å². The van der Waals surface area contributed by atoms with E-state index in [0.29, 0.717) is 5.76 Å². The van der Waals surface area contributed by atoms with Gasteiger partial charge in [-0.25, -0.2) is 0 Å². The van der Waals surface area contributed by atoms with E-state index in [4.69, 9.17) is 9.52 Å². The number of hydrogen-bond acceptors (Lipinski definition) is 3. The van der Waals surface area contributed by atoms with E-state index >= 15 is 0 Å². The predicted octanol–water partition coefficient (Wildman–Crippen LogP) is 2.44. The van der Waals surface area contributed by atoms with Crippen LogP contribution in [0.2, 0.25) is 0 Å². The van der Waals surface area contributed by atoms with Crippen LogP contribution >= 0.6 is 0 Å². The van der Waals surface area contributed by atoms with Crippen LogP contribution < -0.4 is 5.32 Å². The second-order valence-electron chi connectivity index (χ2n) is 4.66. The van der Waals surface area contributed by atoms with Gasteiger partial charge >= 0.3 is 0 Å². The van der Waals surface area contributed by atoms with Crippen molar-refractivity contribution in [2.24, 2.45) is 5.92 Å². The molecule has 1 aliphatic rings. The van der Waals surface area contributed by atoms with Crippen molar-refractivity contribution in [2.75, 3.05) is 6.54 Å². The Bertz CT molecular complexity index is 303. The normalized spacial score (nSPS) is 17.8. The molecule has 1 heterocycles. The lowest BCUT2D eigenvalue weighted by atomic mass is 9.89. The molecule has 0 bridgehead atoms. The van der Waals surface area contributed by atoms with E-state index in [-0.39, 0.29) is 6.61 Å². The van der Waals surface area contributed by atoms with Gasteiger partial charge in [0.05, 0.1) is 6.54 Å². The Morgan fingerprint density at radius 3 is 2.62 bits per heavy atom. The molecule has 3 nitrogen and oxygen atoms in total. The molecule has 0 saturated heterocycles. The highest BCUT2D eigenvalue weighted by molar-refractivity contribution is 5.05. The van der Waals surface area contributed by atoms with Crippen LogP contribution in [0.4, 0.5) is 0 Å². The van der Waals surface area contributed by atoms with E-state index in [1.165, 1.54) is 32.1 Å². The first-order chi connectivity index (χ1) is 7.88. The molecule has 0 unspecified atom stereocenters. The minimum Gasteiger partial charge on any atom is -0.462 e. The summed E-state index contributed by atoms with van der Waals surface area (Å²) in [5, 5.41) is 12.3. The lowest BCUT2D eigenvalue weighted by Gasteiger charge is -2.21. The summed E-state index contributed by atoms with van der Waals surface area (Å²) in [5.41, 5.74) is 0. The summed E-state index contributed by atoms with van der Waals surface area (Å²) >= 11 is 0. The number of aliphatic hydroxyl groups is 1. The highest BCUT2D eigenvalue weighted by atomic mass is 16.4. The zero-order valence-electron chi connectivity index (χ0n) is 9.74. The summed E-state index contributed by atoms with van der Waals surface area (Å²) in [7, 11) is 0. The van der Waals surface area contributed by atoms with Gasteiger partial charge in [0.15, 0.2) is 0 Å². The molecule has 0 aromatic carbocycles. The lowest BCUT2D eigenvalue weighted by Crippen LogP contribution is -2.23. The Balaban J connectivity index is 1.66. The van der Waals surface area contributed by atoms with Gasteiger partial charge in [0, 0.05) is 0 Å². The fraction of sp³-hybridized carbons (Fsp3) is 0.692. The van der Waals surface area contributed by atoms with Crippen molar-refractivity contribution in [3.63, 3.8) is 0 Å². The van der Waals surface area contributed by atoms with Gasteiger partial charge in [-0.1, -0.05) is 19.3 Å². The topological polar surface area (TPSA) is 45.4 Å². The van der Waals surface area contributed by atoms with Crippen LogP contribution in [0.15, 0.2) is 16.5 Å². The molecule has 1 saturated carbocycles. The largest absolute Gasteiger partial charge is 0.462 e. The quantitative estimate of drug-likeness (QED) is 0.806. The molecule has 0 amide bonds. The zero-order valence-corrected chi connectivity index (χ0v) is 9.74. The Morgan fingerprint density at radius 2 is 1.94 bits per heavy atom. The van der Waals surface area contributed by atoms with Gasteiger partial charge in [0.2, 0.25) is 0 Å². The third kappa shape index (κ3) is 3.35. The van der Waals surface area contributed by atoms with Crippen molar-refractivity contribution in [3.8, 4) is 0 Å². The number of aliphatic hydroxyl groups excluding tert-OH is 1. The molecule has 1 aromatic heterocycles. The third-order valence-corrected chi connectivity index (χ3v) is 3.33. The number of furan rings is 1. The number of nitrogens with one attached hydrogen (secondary N) is 1. The maximum atomic E-state index is 8.87. The minimum absolute atomic E-state index is 0.0113. The van der Waals surface area contributed by atoms with Gasteiger partial charge in [0.25, 0.3) is 0 Å². The van der Waals surface area contributed by atoms with Crippen molar-refractivity contribution in [1.82, 2.24) is 5.32 Å². The van der Waals surface area contributed by atoms with Crippen molar-refractivity contribution in [1.29, 1.82) is 0 Å². The smallest absolute Gasteiger partial charge is 0.129 e. The van der Waals surface area contributed by atoms with Gasteiger partial charge in [-0.15, -0.1) is 0 Å². The SMILES string of the molecule is OCc1ccc(CNCC2CCCCC2)o1. The molecule has 90 valence electrons. The Hall–Kier alpha value is -0.800. The van der Waals surface area contributed by atoms with E-state index in [1.54, 1.807) is 0 Å². The second kappa shape index (κ2) is 6.06. The second-order valence-corrected chi connectivity index (χ2v) is 4.66. The summed E-state index contributed by atoms with van der Waals surface area (Å²) in [5.74, 6) is 2.41. The molecule has 0 aliphatic heterocycles. The molecule has 1 aromatic rings. The van der Waals surface area contributed by atoms with Crippen molar-refractivity contribution in [2.45, 2.75) is 45.3 Å². The zero-order chi connectivity index (χ0) is 11.2. The summed E-state index contributed by atoms with van der Waals surface area (Å²) in [6.07, 6.45) is 6.93. The summed E-state index contributed by atoms with van der Waals surface area (Å²) in [4.78, 5) is 0. The lowest BCUT2D eigenvalue weighted by molar-refractivity contribution is 0.242. The highest BCUT2D eigenvalue weighted by Crippen LogP contribution is 2.22. The number of rotatable bonds is 5. The van der Waals surface area contributed by atoms with Crippen LogP contribution in [0, 0.1) is 5.92 Å². The fourth-order valence-electron chi connectivity index (χ4n) is 2.39. The standard InChI is InChI=1S/C13H21NO2/c15-10-13-7-6-12(16-13)9-14-8-11-4-2-1-3-5-11/h6-7,11,14-15H,1-5,8-10H2. The fourth-order valence-corrected chi connectivity index (χ4v) is 2.39.